The van der Waals surface area contributed by atoms with E-state index in [2.05, 4.69) is 64.3 Å². The van der Waals surface area contributed by atoms with Crippen LogP contribution in [0.15, 0.2) is 28.7 Å². The highest BCUT2D eigenvalue weighted by molar-refractivity contribution is 9.10. The van der Waals surface area contributed by atoms with Crippen molar-refractivity contribution >= 4 is 21.6 Å². The number of hydrogen-bond acceptors (Lipinski definition) is 2. The molecular formula is C16H23BrN2. The van der Waals surface area contributed by atoms with Crippen LogP contribution in [0.4, 0.5) is 5.69 Å². The van der Waals surface area contributed by atoms with Gasteiger partial charge in [-0.15, -0.1) is 0 Å². The molecule has 3 heteroatoms. The van der Waals surface area contributed by atoms with E-state index in [0.29, 0.717) is 11.6 Å². The number of hydrogen-bond donors (Lipinski definition) is 1. The molecule has 3 rings (SSSR count). The summed E-state index contributed by atoms with van der Waals surface area (Å²) in [5.41, 5.74) is 1.67. The van der Waals surface area contributed by atoms with Crippen LogP contribution in [0.5, 0.6) is 0 Å². The third-order valence-electron chi connectivity index (χ3n) is 4.79. The molecule has 1 heterocycles. The summed E-state index contributed by atoms with van der Waals surface area (Å²) < 4.78 is 1.16. The number of halogens is 1. The maximum absolute atomic E-state index is 3.82. The van der Waals surface area contributed by atoms with Gasteiger partial charge in [0, 0.05) is 34.8 Å². The molecule has 1 aliphatic carbocycles. The fraction of sp³-hybridized carbons (Fsp3) is 0.625. The van der Waals surface area contributed by atoms with Crippen LogP contribution < -0.4 is 10.2 Å². The summed E-state index contributed by atoms with van der Waals surface area (Å²) in [6.07, 6.45) is 3.99. The van der Waals surface area contributed by atoms with Gasteiger partial charge in [0.05, 0.1) is 0 Å². The van der Waals surface area contributed by atoms with Crippen LogP contribution in [0, 0.1) is 5.92 Å². The molecule has 1 N–H and O–H groups in total. The highest BCUT2D eigenvalue weighted by Crippen LogP contribution is 2.42. The predicted molar refractivity (Wildman–Crippen MR) is 84.7 cm³/mol. The van der Waals surface area contributed by atoms with E-state index < -0.39 is 0 Å². The molecule has 0 amide bonds. The van der Waals surface area contributed by atoms with Gasteiger partial charge in [-0.1, -0.05) is 22.9 Å². The molecule has 19 heavy (non-hydrogen) atoms. The lowest BCUT2D eigenvalue weighted by molar-refractivity contribution is 0.252. The summed E-state index contributed by atoms with van der Waals surface area (Å²) in [5, 5.41) is 3.82. The Balaban J connectivity index is 1.84. The molecule has 1 saturated carbocycles. The normalized spacial score (nSPS) is 31.5. The van der Waals surface area contributed by atoms with Crippen molar-refractivity contribution in [3.63, 3.8) is 0 Å². The van der Waals surface area contributed by atoms with Crippen molar-refractivity contribution in [2.75, 3.05) is 18.0 Å². The molecule has 2 aliphatic rings. The van der Waals surface area contributed by atoms with E-state index in [4.69, 9.17) is 0 Å². The van der Waals surface area contributed by atoms with Crippen molar-refractivity contribution < 1.29 is 0 Å². The highest BCUT2D eigenvalue weighted by Gasteiger charge is 2.45. The lowest BCUT2D eigenvalue weighted by atomic mass is 9.90. The largest absolute Gasteiger partial charge is 0.365 e. The topological polar surface area (TPSA) is 15.3 Å². The molecule has 2 fully saturated rings. The monoisotopic (exact) mass is 322 g/mol. The fourth-order valence-corrected chi connectivity index (χ4v) is 3.56. The number of nitrogens with one attached hydrogen (secondary N) is 1. The fourth-order valence-electron chi connectivity index (χ4n) is 3.29. The summed E-state index contributed by atoms with van der Waals surface area (Å²) >= 11 is 3.53. The second-order valence-corrected chi connectivity index (χ2v) is 7.15. The van der Waals surface area contributed by atoms with E-state index in [1.54, 1.807) is 0 Å². The number of benzene rings is 1. The first-order valence-electron chi connectivity index (χ1n) is 7.39. The molecule has 2 nitrogen and oxygen atoms in total. The average molecular weight is 323 g/mol. The molecule has 1 aromatic carbocycles. The maximum atomic E-state index is 3.82. The van der Waals surface area contributed by atoms with E-state index in [1.165, 1.54) is 24.9 Å². The second-order valence-electron chi connectivity index (χ2n) is 6.24. The SMILES string of the molecule is CCC1CNC(C)(C2CC2)CN1c1ccc(Br)cc1. The van der Waals surface area contributed by atoms with Crippen LogP contribution in [0.3, 0.4) is 0 Å². The third-order valence-corrected chi connectivity index (χ3v) is 5.32. The van der Waals surface area contributed by atoms with E-state index in [9.17, 15) is 0 Å². The zero-order valence-corrected chi connectivity index (χ0v) is 13.4. The summed E-state index contributed by atoms with van der Waals surface area (Å²) in [5.74, 6) is 0.878. The van der Waals surface area contributed by atoms with Crippen molar-refractivity contribution in [1.29, 1.82) is 0 Å². The molecule has 0 bridgehead atoms. The van der Waals surface area contributed by atoms with Crippen molar-refractivity contribution in [2.24, 2.45) is 5.92 Å². The van der Waals surface area contributed by atoms with Crippen LogP contribution >= 0.6 is 15.9 Å². The Labute approximate surface area is 124 Å². The Morgan fingerprint density at radius 2 is 2.00 bits per heavy atom. The van der Waals surface area contributed by atoms with Gasteiger partial charge in [0.2, 0.25) is 0 Å². The first-order valence-corrected chi connectivity index (χ1v) is 8.19. The number of rotatable bonds is 3. The molecule has 0 radical (unpaired) electrons. The van der Waals surface area contributed by atoms with Gasteiger partial charge in [-0.05, 0) is 56.4 Å². The minimum atomic E-state index is 0.304. The van der Waals surface area contributed by atoms with Crippen molar-refractivity contribution in [3.05, 3.63) is 28.7 Å². The predicted octanol–water partition coefficient (Wildman–Crippen LogP) is 3.81. The lowest BCUT2D eigenvalue weighted by Crippen LogP contribution is -2.64. The van der Waals surface area contributed by atoms with Crippen molar-refractivity contribution in [1.82, 2.24) is 5.32 Å². The summed E-state index contributed by atoms with van der Waals surface area (Å²) in [6.45, 7) is 6.94. The third kappa shape index (κ3) is 2.68. The molecule has 2 atom stereocenters. The van der Waals surface area contributed by atoms with Gasteiger partial charge in [0.1, 0.15) is 0 Å². The van der Waals surface area contributed by atoms with Crippen LogP contribution in [-0.2, 0) is 0 Å². The molecule has 1 saturated heterocycles. The van der Waals surface area contributed by atoms with Crippen LogP contribution in [-0.4, -0.2) is 24.7 Å². The van der Waals surface area contributed by atoms with Crippen molar-refractivity contribution in [2.45, 2.75) is 44.7 Å². The van der Waals surface area contributed by atoms with Crippen LogP contribution in [0.1, 0.15) is 33.1 Å². The molecular weight excluding hydrogens is 300 g/mol. The molecule has 1 aromatic rings. The Morgan fingerprint density at radius 1 is 1.32 bits per heavy atom. The van der Waals surface area contributed by atoms with E-state index >= 15 is 0 Å². The van der Waals surface area contributed by atoms with Gasteiger partial charge < -0.3 is 10.2 Å². The zero-order valence-electron chi connectivity index (χ0n) is 11.8. The number of piperazine rings is 1. The Bertz CT molecular complexity index is 441. The van der Waals surface area contributed by atoms with Gasteiger partial charge in [0.15, 0.2) is 0 Å². The smallest absolute Gasteiger partial charge is 0.0412 e. The molecule has 0 spiro atoms. The standard InChI is InChI=1S/C16H23BrN2/c1-3-14-10-18-16(2,12-4-5-12)11-19(14)15-8-6-13(17)7-9-15/h6-9,12,14,18H,3-5,10-11H2,1-2H3. The minimum Gasteiger partial charge on any atom is -0.365 e. The number of anilines is 1. The average Bonchev–Trinajstić information content (AvgIpc) is 3.24. The summed E-state index contributed by atoms with van der Waals surface area (Å²) in [4.78, 5) is 2.61. The first kappa shape index (κ1) is 13.4. The Kier molecular flexibility index (Phi) is 3.61. The molecule has 0 aromatic heterocycles. The van der Waals surface area contributed by atoms with Crippen molar-refractivity contribution in [3.8, 4) is 0 Å². The molecule has 2 unspecified atom stereocenters. The van der Waals surface area contributed by atoms with Gasteiger partial charge in [-0.25, -0.2) is 0 Å². The van der Waals surface area contributed by atoms with E-state index in [0.717, 1.165) is 23.5 Å². The lowest BCUT2D eigenvalue weighted by Gasteiger charge is -2.47. The van der Waals surface area contributed by atoms with Crippen LogP contribution in [0.25, 0.3) is 0 Å². The maximum Gasteiger partial charge on any atom is 0.0412 e. The Morgan fingerprint density at radius 3 is 2.58 bits per heavy atom. The van der Waals surface area contributed by atoms with Gasteiger partial charge >= 0.3 is 0 Å². The summed E-state index contributed by atoms with van der Waals surface area (Å²) in [6, 6.07) is 9.40. The van der Waals surface area contributed by atoms with Gasteiger partial charge in [-0.3, -0.25) is 0 Å². The Hall–Kier alpha value is -0.540. The van der Waals surface area contributed by atoms with Gasteiger partial charge in [0.25, 0.3) is 0 Å². The van der Waals surface area contributed by atoms with E-state index in [1.807, 2.05) is 0 Å². The quantitative estimate of drug-likeness (QED) is 0.910. The minimum absolute atomic E-state index is 0.304. The van der Waals surface area contributed by atoms with Crippen LogP contribution in [0.2, 0.25) is 0 Å². The first-order chi connectivity index (χ1) is 9.12. The number of nitrogens with zero attached hydrogens (tertiary/aromatic N) is 1. The summed E-state index contributed by atoms with van der Waals surface area (Å²) in [7, 11) is 0. The molecule has 104 valence electrons. The second kappa shape index (κ2) is 5.10. The van der Waals surface area contributed by atoms with E-state index in [-0.39, 0.29) is 0 Å². The molecule has 1 aliphatic heterocycles. The van der Waals surface area contributed by atoms with Gasteiger partial charge in [-0.2, -0.15) is 0 Å². The zero-order chi connectivity index (χ0) is 13.5. The highest BCUT2D eigenvalue weighted by atomic mass is 79.9.